The summed E-state index contributed by atoms with van der Waals surface area (Å²) in [6, 6.07) is 16.3. The van der Waals surface area contributed by atoms with Gasteiger partial charge in [-0.15, -0.1) is 0 Å². The van der Waals surface area contributed by atoms with Crippen LogP contribution in [0.1, 0.15) is 21.5 Å². The second-order valence-corrected chi connectivity index (χ2v) is 7.29. The van der Waals surface area contributed by atoms with Crippen molar-refractivity contribution in [2.75, 3.05) is 18.1 Å². The predicted molar refractivity (Wildman–Crippen MR) is 123 cm³/mol. The zero-order chi connectivity index (χ0) is 25.4. The van der Waals surface area contributed by atoms with E-state index in [9.17, 15) is 22.8 Å². The molecule has 0 saturated carbocycles. The lowest BCUT2D eigenvalue weighted by Crippen LogP contribution is -2.19. The second kappa shape index (κ2) is 11.1. The van der Waals surface area contributed by atoms with Crippen LogP contribution >= 0.6 is 0 Å². The molecule has 0 aromatic heterocycles. The standard InChI is InChI=1S/C25H21F3N2O5/c26-25(27,28)15-34-20-9-4-17(5-10-20)24(32)35-21-7-1-16(2-8-21)3-12-23(31)33-14-18-13-19(29)6-11-22(18)30/h1-13H,14-15,29-30H2/b12-3+. The van der Waals surface area contributed by atoms with Crippen molar-refractivity contribution in [2.24, 2.45) is 0 Å². The van der Waals surface area contributed by atoms with E-state index in [1.54, 1.807) is 30.3 Å². The highest BCUT2D eigenvalue weighted by molar-refractivity contribution is 5.91. The Morgan fingerprint density at radius 1 is 0.886 bits per heavy atom. The maximum atomic E-state index is 12.2. The maximum absolute atomic E-state index is 12.2. The van der Waals surface area contributed by atoms with Gasteiger partial charge in [0.25, 0.3) is 0 Å². The minimum Gasteiger partial charge on any atom is -0.484 e. The van der Waals surface area contributed by atoms with Crippen LogP contribution in [0.4, 0.5) is 24.5 Å². The molecule has 7 nitrogen and oxygen atoms in total. The van der Waals surface area contributed by atoms with E-state index < -0.39 is 24.7 Å². The van der Waals surface area contributed by atoms with Gasteiger partial charge in [-0.05, 0) is 66.2 Å². The highest BCUT2D eigenvalue weighted by Gasteiger charge is 2.28. The molecule has 0 amide bonds. The Morgan fingerprint density at radius 3 is 2.20 bits per heavy atom. The number of hydrogen-bond acceptors (Lipinski definition) is 7. The number of nitrogens with two attached hydrogens (primary N) is 2. The summed E-state index contributed by atoms with van der Waals surface area (Å²) in [5.74, 6) is -1.06. The number of anilines is 2. The van der Waals surface area contributed by atoms with Gasteiger partial charge in [0.1, 0.15) is 18.1 Å². The molecule has 182 valence electrons. The Hall–Kier alpha value is -4.47. The number of halogens is 3. The fourth-order valence-electron chi connectivity index (χ4n) is 2.78. The van der Waals surface area contributed by atoms with Crippen LogP contribution in [0, 0.1) is 0 Å². The lowest BCUT2D eigenvalue weighted by Gasteiger charge is -2.09. The molecule has 3 aromatic carbocycles. The topological polar surface area (TPSA) is 114 Å². The van der Waals surface area contributed by atoms with E-state index in [0.717, 1.165) is 0 Å². The van der Waals surface area contributed by atoms with E-state index in [0.29, 0.717) is 22.5 Å². The van der Waals surface area contributed by atoms with Crippen molar-refractivity contribution < 1.29 is 37.0 Å². The number of hydrogen-bond donors (Lipinski definition) is 2. The molecular formula is C25H21F3N2O5. The minimum absolute atomic E-state index is 0.0232. The van der Waals surface area contributed by atoms with Gasteiger partial charge in [-0.2, -0.15) is 13.2 Å². The van der Waals surface area contributed by atoms with Crippen molar-refractivity contribution in [1.29, 1.82) is 0 Å². The van der Waals surface area contributed by atoms with Crippen LogP contribution in [0.15, 0.2) is 72.8 Å². The van der Waals surface area contributed by atoms with Gasteiger partial charge in [0, 0.05) is 23.0 Å². The first-order valence-electron chi connectivity index (χ1n) is 10.2. The highest BCUT2D eigenvalue weighted by Crippen LogP contribution is 2.21. The van der Waals surface area contributed by atoms with Crippen molar-refractivity contribution in [2.45, 2.75) is 12.8 Å². The molecule has 10 heteroatoms. The van der Waals surface area contributed by atoms with Gasteiger partial charge < -0.3 is 25.7 Å². The molecule has 3 aromatic rings. The third-order valence-electron chi connectivity index (χ3n) is 4.53. The molecule has 0 fully saturated rings. The number of alkyl halides is 3. The van der Waals surface area contributed by atoms with Gasteiger partial charge in [-0.3, -0.25) is 0 Å². The Morgan fingerprint density at radius 2 is 1.54 bits per heavy atom. The summed E-state index contributed by atoms with van der Waals surface area (Å²) in [7, 11) is 0. The van der Waals surface area contributed by atoms with Crippen LogP contribution < -0.4 is 20.9 Å². The summed E-state index contributed by atoms with van der Waals surface area (Å²) in [4.78, 5) is 24.2. The van der Waals surface area contributed by atoms with Crippen LogP contribution in [0.2, 0.25) is 0 Å². The van der Waals surface area contributed by atoms with Crippen LogP contribution in [-0.4, -0.2) is 24.7 Å². The van der Waals surface area contributed by atoms with Gasteiger partial charge in [-0.1, -0.05) is 12.1 Å². The number of carbonyl (C=O) groups excluding carboxylic acids is 2. The Bertz CT molecular complexity index is 1210. The summed E-state index contributed by atoms with van der Waals surface area (Å²) in [6.07, 6.45) is -1.69. The van der Waals surface area contributed by atoms with E-state index in [2.05, 4.69) is 4.74 Å². The third kappa shape index (κ3) is 8.11. The molecule has 0 saturated heterocycles. The number of nitrogen functional groups attached to an aromatic ring is 2. The molecule has 3 rings (SSSR count). The third-order valence-corrected chi connectivity index (χ3v) is 4.53. The summed E-state index contributed by atoms with van der Waals surface area (Å²) >= 11 is 0. The monoisotopic (exact) mass is 486 g/mol. The maximum Gasteiger partial charge on any atom is 0.422 e. The van der Waals surface area contributed by atoms with E-state index in [1.807, 2.05) is 0 Å². The number of esters is 2. The van der Waals surface area contributed by atoms with E-state index >= 15 is 0 Å². The predicted octanol–water partition coefficient (Wildman–Crippen LogP) is 4.77. The molecular weight excluding hydrogens is 465 g/mol. The van der Waals surface area contributed by atoms with Gasteiger partial charge in [-0.25, -0.2) is 9.59 Å². The minimum atomic E-state index is -4.45. The molecule has 0 bridgehead atoms. The number of benzene rings is 3. The van der Waals surface area contributed by atoms with E-state index in [-0.39, 0.29) is 23.7 Å². The summed E-state index contributed by atoms with van der Waals surface area (Å²) in [5, 5.41) is 0. The summed E-state index contributed by atoms with van der Waals surface area (Å²) in [5.41, 5.74) is 13.9. The molecule has 0 atom stereocenters. The van der Waals surface area contributed by atoms with Crippen molar-refractivity contribution in [3.05, 3.63) is 89.5 Å². The fourth-order valence-corrected chi connectivity index (χ4v) is 2.78. The van der Waals surface area contributed by atoms with Crippen LogP contribution in [0.5, 0.6) is 11.5 Å². The van der Waals surface area contributed by atoms with Crippen molar-refractivity contribution in [3.63, 3.8) is 0 Å². The lowest BCUT2D eigenvalue weighted by atomic mass is 10.2. The fraction of sp³-hybridized carbons (Fsp3) is 0.120. The molecule has 35 heavy (non-hydrogen) atoms. The highest BCUT2D eigenvalue weighted by atomic mass is 19.4. The molecule has 0 heterocycles. The van der Waals surface area contributed by atoms with Crippen LogP contribution in [0.25, 0.3) is 6.08 Å². The lowest BCUT2D eigenvalue weighted by molar-refractivity contribution is -0.153. The van der Waals surface area contributed by atoms with Gasteiger partial charge in [0.15, 0.2) is 6.61 Å². The first kappa shape index (κ1) is 25.2. The van der Waals surface area contributed by atoms with Crippen LogP contribution in [-0.2, 0) is 16.1 Å². The smallest absolute Gasteiger partial charge is 0.422 e. The average Bonchev–Trinajstić information content (AvgIpc) is 2.82. The van der Waals surface area contributed by atoms with Crippen molar-refractivity contribution in [1.82, 2.24) is 0 Å². The number of ether oxygens (including phenoxy) is 3. The Kier molecular flexibility index (Phi) is 7.98. The van der Waals surface area contributed by atoms with Gasteiger partial charge in [0.05, 0.1) is 5.56 Å². The zero-order valence-electron chi connectivity index (χ0n) is 18.2. The van der Waals surface area contributed by atoms with E-state index in [4.69, 9.17) is 20.9 Å². The average molecular weight is 486 g/mol. The molecule has 0 spiro atoms. The zero-order valence-corrected chi connectivity index (χ0v) is 18.2. The van der Waals surface area contributed by atoms with Crippen molar-refractivity contribution in [3.8, 4) is 11.5 Å². The van der Waals surface area contributed by atoms with Gasteiger partial charge in [0.2, 0.25) is 0 Å². The number of carbonyl (C=O) groups is 2. The van der Waals surface area contributed by atoms with E-state index in [1.165, 1.54) is 48.6 Å². The molecule has 0 unspecified atom stereocenters. The SMILES string of the molecule is Nc1ccc(N)c(COC(=O)/C=C/c2ccc(OC(=O)c3ccc(OCC(F)(F)F)cc3)cc2)c1. The Balaban J connectivity index is 1.50. The quantitative estimate of drug-likeness (QED) is 0.204. The van der Waals surface area contributed by atoms with Crippen LogP contribution in [0.3, 0.4) is 0 Å². The molecule has 0 aliphatic rings. The van der Waals surface area contributed by atoms with Crippen molar-refractivity contribution >= 4 is 29.4 Å². The first-order valence-corrected chi connectivity index (χ1v) is 10.2. The molecule has 4 N–H and O–H groups in total. The van der Waals surface area contributed by atoms with Gasteiger partial charge >= 0.3 is 18.1 Å². The second-order valence-electron chi connectivity index (χ2n) is 7.29. The Labute approximate surface area is 198 Å². The normalized spacial score (nSPS) is 11.3. The molecule has 0 radical (unpaired) electrons. The summed E-state index contributed by atoms with van der Waals surface area (Å²) in [6.45, 7) is -1.45. The molecule has 0 aliphatic carbocycles. The summed E-state index contributed by atoms with van der Waals surface area (Å²) < 4.78 is 51.6. The largest absolute Gasteiger partial charge is 0.484 e. The first-order chi connectivity index (χ1) is 16.6. The number of rotatable bonds is 8. The molecule has 0 aliphatic heterocycles.